The first-order chi connectivity index (χ1) is 16.4. The molecule has 3 aromatic heterocycles. The van der Waals surface area contributed by atoms with Crippen molar-refractivity contribution in [3.63, 3.8) is 0 Å². The largest absolute Gasteiger partial charge is 0.508 e. The van der Waals surface area contributed by atoms with E-state index in [1.54, 1.807) is 22.2 Å². The summed E-state index contributed by atoms with van der Waals surface area (Å²) in [4.78, 5) is 28.4. The van der Waals surface area contributed by atoms with Crippen LogP contribution in [0.4, 0.5) is 5.82 Å². The highest BCUT2D eigenvalue weighted by atomic mass is 32.1. The first kappa shape index (κ1) is 22.2. The highest BCUT2D eigenvalue weighted by Gasteiger charge is 2.72. The highest BCUT2D eigenvalue weighted by molar-refractivity contribution is 7.12. The average Bonchev–Trinajstić information content (AvgIpc) is 3.07. The quantitative estimate of drug-likeness (QED) is 0.316. The molecule has 2 unspecified atom stereocenters. The van der Waals surface area contributed by atoms with E-state index in [1.807, 2.05) is 19.1 Å². The van der Waals surface area contributed by atoms with Crippen LogP contribution < -0.4 is 10.6 Å². The van der Waals surface area contributed by atoms with Crippen LogP contribution in [0.2, 0.25) is 0 Å². The number of hydrogen-bond acceptors (Lipinski definition) is 8. The number of amides is 1. The summed E-state index contributed by atoms with van der Waals surface area (Å²) in [5.41, 5.74) is -0.0433. The predicted octanol–water partition coefficient (Wildman–Crippen LogP) is 3.44. The van der Waals surface area contributed by atoms with E-state index in [9.17, 15) is 15.0 Å². The zero-order valence-corrected chi connectivity index (χ0v) is 20.0. The lowest BCUT2D eigenvalue weighted by Crippen LogP contribution is -2.30. The van der Waals surface area contributed by atoms with Gasteiger partial charge in [0.2, 0.25) is 11.7 Å². The molecule has 0 spiro atoms. The predicted molar refractivity (Wildman–Crippen MR) is 130 cm³/mol. The van der Waals surface area contributed by atoms with Crippen molar-refractivity contribution in [1.82, 2.24) is 24.8 Å². The maximum absolute atomic E-state index is 12.5. The molecule has 3 atom stereocenters. The number of imidazole rings is 1. The van der Waals surface area contributed by atoms with Crippen molar-refractivity contribution in [3.8, 4) is 11.8 Å². The fourth-order valence-electron chi connectivity index (χ4n) is 4.72. The first-order valence-electron chi connectivity index (χ1n) is 11.3. The van der Waals surface area contributed by atoms with Crippen molar-refractivity contribution in [3.05, 3.63) is 45.6 Å². The minimum atomic E-state index is -1.09. The second kappa shape index (κ2) is 8.33. The topological polar surface area (TPSA) is 125 Å². The lowest BCUT2D eigenvalue weighted by molar-refractivity contribution is -0.125. The Bertz CT molecular complexity index is 1380. The lowest BCUT2D eigenvalue weighted by atomic mass is 10.0. The van der Waals surface area contributed by atoms with Gasteiger partial charge in [-0.1, -0.05) is 13.3 Å². The van der Waals surface area contributed by atoms with E-state index in [4.69, 9.17) is 0 Å². The van der Waals surface area contributed by atoms with Crippen LogP contribution in [0, 0.1) is 30.1 Å². The molecule has 10 heteroatoms. The van der Waals surface area contributed by atoms with E-state index in [-0.39, 0.29) is 23.3 Å². The van der Waals surface area contributed by atoms with Crippen LogP contribution in [-0.4, -0.2) is 49.2 Å². The summed E-state index contributed by atoms with van der Waals surface area (Å²) in [5, 5.41) is 27.3. The Balaban J connectivity index is 1.58. The molecule has 9 nitrogen and oxygen atoms in total. The molecule has 0 radical (unpaired) electrons. The number of rotatable bonds is 6. The maximum atomic E-state index is 12.5. The number of aromatic nitrogens is 4. The maximum Gasteiger partial charge on any atom is 0.234 e. The number of anilines is 1. The Morgan fingerprint density at radius 2 is 2.15 bits per heavy atom. The number of hydrogen-bond donors (Lipinski definition) is 4. The van der Waals surface area contributed by atoms with Crippen LogP contribution in [0.15, 0.2) is 30.0 Å². The zero-order valence-electron chi connectivity index (χ0n) is 19.2. The molecule has 1 saturated carbocycles. The van der Waals surface area contributed by atoms with Gasteiger partial charge < -0.3 is 25.4 Å². The van der Waals surface area contributed by atoms with Gasteiger partial charge in [0.05, 0.1) is 11.2 Å². The van der Waals surface area contributed by atoms with Crippen LogP contribution in [0.5, 0.6) is 0 Å². The van der Waals surface area contributed by atoms with E-state index in [0.717, 1.165) is 24.3 Å². The van der Waals surface area contributed by atoms with Crippen molar-refractivity contribution in [1.29, 1.82) is 0 Å². The third-order valence-electron chi connectivity index (χ3n) is 6.56. The molecular formula is C24H26N6O3S. The molecule has 0 saturated heterocycles. The summed E-state index contributed by atoms with van der Waals surface area (Å²) in [6, 6.07) is 3.34. The molecule has 0 bridgehead atoms. The smallest absolute Gasteiger partial charge is 0.234 e. The van der Waals surface area contributed by atoms with Crippen molar-refractivity contribution in [2.45, 2.75) is 39.2 Å². The number of unbranched alkanes of at least 4 members (excludes halogenated alkanes) is 1. The van der Waals surface area contributed by atoms with Crippen LogP contribution in [0.3, 0.4) is 0 Å². The molecule has 3 aromatic rings. The number of aliphatic hydroxyl groups excluding tert-OH is 2. The van der Waals surface area contributed by atoms with Gasteiger partial charge >= 0.3 is 0 Å². The number of carbonyl (C=O) groups is 1. The SMILES string of the molecule is CCCCNc1nc(C#Cc2ccc(C)s2)nc2c1ncn2[C@H]1C(O)=C(O)C2(C(=O)NC)CC12. The summed E-state index contributed by atoms with van der Waals surface area (Å²) in [7, 11) is 1.53. The molecule has 1 fully saturated rings. The third kappa shape index (κ3) is 3.39. The zero-order chi connectivity index (χ0) is 24.0. The summed E-state index contributed by atoms with van der Waals surface area (Å²) in [6.07, 6.45) is 4.03. The van der Waals surface area contributed by atoms with Crippen LogP contribution in [-0.2, 0) is 4.79 Å². The normalized spacial score (nSPS) is 22.9. The Morgan fingerprint density at radius 3 is 2.85 bits per heavy atom. The number of nitrogens with zero attached hydrogens (tertiary/aromatic N) is 4. The van der Waals surface area contributed by atoms with Gasteiger partial charge in [0.25, 0.3) is 0 Å². The van der Waals surface area contributed by atoms with E-state index in [1.165, 1.54) is 11.9 Å². The van der Waals surface area contributed by atoms with Crippen molar-refractivity contribution < 1.29 is 15.0 Å². The van der Waals surface area contributed by atoms with Gasteiger partial charge in [-0.15, -0.1) is 11.3 Å². The number of carbonyl (C=O) groups excluding carboxylic acids is 1. The fourth-order valence-corrected chi connectivity index (χ4v) is 5.44. The fraction of sp³-hybridized carbons (Fsp3) is 0.417. The Kier molecular flexibility index (Phi) is 5.44. The van der Waals surface area contributed by atoms with Crippen molar-refractivity contribution in [2.24, 2.45) is 11.3 Å². The molecule has 0 aromatic carbocycles. The molecule has 4 N–H and O–H groups in total. The van der Waals surface area contributed by atoms with E-state index in [2.05, 4.69) is 44.4 Å². The van der Waals surface area contributed by atoms with Crippen molar-refractivity contribution in [2.75, 3.05) is 18.9 Å². The molecule has 0 aliphatic heterocycles. The van der Waals surface area contributed by atoms with Gasteiger partial charge in [-0.3, -0.25) is 4.79 Å². The summed E-state index contributed by atoms with van der Waals surface area (Å²) in [5.74, 6) is 6.00. The van der Waals surface area contributed by atoms with E-state index < -0.39 is 11.5 Å². The van der Waals surface area contributed by atoms with Gasteiger partial charge in [0.15, 0.2) is 22.7 Å². The van der Waals surface area contributed by atoms with E-state index in [0.29, 0.717) is 29.2 Å². The van der Waals surface area contributed by atoms with Gasteiger partial charge in [-0.25, -0.2) is 15.0 Å². The van der Waals surface area contributed by atoms with Crippen LogP contribution in [0.1, 0.15) is 47.8 Å². The van der Waals surface area contributed by atoms with Gasteiger partial charge in [-0.2, -0.15) is 0 Å². The minimum Gasteiger partial charge on any atom is -0.508 e. The van der Waals surface area contributed by atoms with Crippen molar-refractivity contribution >= 4 is 34.2 Å². The van der Waals surface area contributed by atoms with Gasteiger partial charge in [-0.05, 0) is 43.7 Å². The number of aliphatic hydroxyl groups is 2. The molecule has 3 heterocycles. The van der Waals surface area contributed by atoms with Crippen LogP contribution in [0.25, 0.3) is 11.2 Å². The van der Waals surface area contributed by atoms with Crippen LogP contribution >= 0.6 is 11.3 Å². The highest BCUT2D eigenvalue weighted by Crippen LogP contribution is 2.69. The average molecular weight is 479 g/mol. The summed E-state index contributed by atoms with van der Waals surface area (Å²) < 4.78 is 1.72. The number of thiophene rings is 1. The van der Waals surface area contributed by atoms with E-state index >= 15 is 0 Å². The second-order valence-electron chi connectivity index (χ2n) is 8.70. The van der Waals surface area contributed by atoms with Gasteiger partial charge in [0, 0.05) is 24.4 Å². The first-order valence-corrected chi connectivity index (χ1v) is 12.1. The Labute approximate surface area is 201 Å². The lowest BCUT2D eigenvalue weighted by Gasteiger charge is -2.15. The molecule has 1 amide bonds. The molecule has 5 rings (SSSR count). The third-order valence-corrected chi connectivity index (χ3v) is 7.47. The molecular weight excluding hydrogens is 452 g/mol. The molecule has 176 valence electrons. The standard InChI is InChI=1S/C24H26N6O3S/c1-4-5-10-26-21-17-22(29-16(28-21)9-8-14-7-6-13(2)34-14)30(12-27-17)18-15-11-24(15,23(33)25-3)20(32)19(18)31/h6-7,12,15,18,31-32H,4-5,10-11H2,1-3H3,(H,25,33)(H,26,28,29)/t15?,18-,24?/m1/s1. The minimum absolute atomic E-state index is 0.222. The molecule has 2 aliphatic rings. The Morgan fingerprint density at radius 1 is 1.32 bits per heavy atom. The number of aryl methyl sites for hydroxylation is 1. The summed E-state index contributed by atoms with van der Waals surface area (Å²) >= 11 is 1.60. The number of allylic oxidation sites excluding steroid dienone is 1. The number of nitrogens with one attached hydrogen (secondary N) is 2. The number of fused-ring (bicyclic) bond motifs is 2. The van der Waals surface area contributed by atoms with Gasteiger partial charge in [0.1, 0.15) is 17.2 Å². The molecule has 34 heavy (non-hydrogen) atoms. The monoisotopic (exact) mass is 478 g/mol. The summed E-state index contributed by atoms with van der Waals surface area (Å²) in [6.45, 7) is 4.87. The molecule has 2 aliphatic carbocycles. The second-order valence-corrected chi connectivity index (χ2v) is 9.99. The Hall–Kier alpha value is -3.58.